The molecule has 0 bridgehead atoms. The Hall–Kier alpha value is -2.31. The van der Waals surface area contributed by atoms with Gasteiger partial charge in [-0.3, -0.25) is 4.79 Å². The van der Waals surface area contributed by atoms with Crippen molar-refractivity contribution >= 4 is 5.91 Å². The predicted octanol–water partition coefficient (Wildman–Crippen LogP) is 2.66. The number of aromatic nitrogens is 3. The third-order valence-corrected chi connectivity index (χ3v) is 4.12. The molecule has 7 heteroatoms. The smallest absolute Gasteiger partial charge is 0.394 e. The van der Waals surface area contributed by atoms with Gasteiger partial charge in [-0.2, -0.15) is 4.98 Å². The van der Waals surface area contributed by atoms with Crippen LogP contribution in [0.4, 0.5) is 0 Å². The van der Waals surface area contributed by atoms with Crippen molar-refractivity contribution in [3.63, 3.8) is 0 Å². The fourth-order valence-corrected chi connectivity index (χ4v) is 3.02. The van der Waals surface area contributed by atoms with E-state index in [4.69, 9.17) is 9.15 Å². The van der Waals surface area contributed by atoms with Crippen molar-refractivity contribution < 1.29 is 13.9 Å². The van der Waals surface area contributed by atoms with Gasteiger partial charge in [-0.1, -0.05) is 0 Å². The lowest BCUT2D eigenvalue weighted by Crippen LogP contribution is -2.39. The van der Waals surface area contributed by atoms with E-state index in [2.05, 4.69) is 21.5 Å². The molecule has 0 aromatic carbocycles. The molecule has 124 valence electrons. The molecule has 1 saturated heterocycles. The van der Waals surface area contributed by atoms with Gasteiger partial charge in [-0.05, 0) is 33.1 Å². The van der Waals surface area contributed by atoms with Gasteiger partial charge >= 0.3 is 6.08 Å². The summed E-state index contributed by atoms with van der Waals surface area (Å²) in [5, 5.41) is 0. The van der Waals surface area contributed by atoms with Gasteiger partial charge in [0.1, 0.15) is 12.1 Å². The number of ether oxygens (including phenoxy) is 1. The molecule has 7 nitrogen and oxygen atoms in total. The number of amides is 1. The van der Waals surface area contributed by atoms with Gasteiger partial charge in [-0.15, -0.1) is 0 Å². The SMILES string of the molecule is CCOc1nc(C(=O)N2CCCCC2c2nccn2CC)co1. The van der Waals surface area contributed by atoms with Gasteiger partial charge in [0, 0.05) is 25.5 Å². The standard InChI is InChI=1S/C16H22N4O3/c1-3-19-10-8-17-14(19)13-7-5-6-9-20(13)15(21)12-11-23-16(18-12)22-4-2/h8,10-11,13H,3-7,9H2,1-2H3. The number of oxazole rings is 1. The minimum atomic E-state index is -0.130. The van der Waals surface area contributed by atoms with Crippen molar-refractivity contribution in [2.75, 3.05) is 13.2 Å². The number of imidazole rings is 1. The highest BCUT2D eigenvalue weighted by Crippen LogP contribution is 2.31. The Morgan fingerprint density at radius 3 is 3.09 bits per heavy atom. The number of hydrogen-bond donors (Lipinski definition) is 0. The molecule has 0 aliphatic carbocycles. The Kier molecular flexibility index (Phi) is 4.64. The molecular formula is C16H22N4O3. The van der Waals surface area contributed by atoms with E-state index in [1.807, 2.05) is 18.0 Å². The molecule has 1 atom stereocenters. The highest BCUT2D eigenvalue weighted by molar-refractivity contribution is 5.92. The van der Waals surface area contributed by atoms with E-state index in [0.717, 1.165) is 31.6 Å². The molecule has 3 heterocycles. The predicted molar refractivity (Wildman–Crippen MR) is 83.2 cm³/mol. The second kappa shape index (κ2) is 6.85. The van der Waals surface area contributed by atoms with Crippen LogP contribution in [-0.2, 0) is 6.54 Å². The topological polar surface area (TPSA) is 73.4 Å². The van der Waals surface area contributed by atoms with E-state index in [1.165, 1.54) is 6.26 Å². The van der Waals surface area contributed by atoms with Crippen LogP contribution < -0.4 is 4.74 Å². The van der Waals surface area contributed by atoms with Crippen molar-refractivity contribution in [1.82, 2.24) is 19.4 Å². The first kappa shape index (κ1) is 15.6. The van der Waals surface area contributed by atoms with Crippen molar-refractivity contribution in [1.29, 1.82) is 0 Å². The zero-order valence-corrected chi connectivity index (χ0v) is 13.6. The molecular weight excluding hydrogens is 296 g/mol. The first-order chi connectivity index (χ1) is 11.2. The van der Waals surface area contributed by atoms with Gasteiger partial charge in [0.2, 0.25) is 0 Å². The van der Waals surface area contributed by atoms with E-state index in [0.29, 0.717) is 13.2 Å². The maximum Gasteiger partial charge on any atom is 0.394 e. The molecule has 2 aromatic heterocycles. The van der Waals surface area contributed by atoms with Gasteiger partial charge in [0.15, 0.2) is 5.69 Å². The van der Waals surface area contributed by atoms with Crippen LogP contribution in [0, 0.1) is 0 Å². The first-order valence-corrected chi connectivity index (χ1v) is 8.14. The third kappa shape index (κ3) is 3.09. The maximum absolute atomic E-state index is 12.8. The molecule has 0 spiro atoms. The van der Waals surface area contributed by atoms with Crippen LogP contribution in [0.2, 0.25) is 0 Å². The molecule has 0 saturated carbocycles. The number of carbonyl (C=O) groups excluding carboxylic acids is 1. The molecule has 1 fully saturated rings. The van der Waals surface area contributed by atoms with E-state index in [9.17, 15) is 4.79 Å². The van der Waals surface area contributed by atoms with Crippen LogP contribution in [0.15, 0.2) is 23.1 Å². The van der Waals surface area contributed by atoms with E-state index in [1.54, 1.807) is 6.20 Å². The Labute approximate surface area is 135 Å². The number of hydrogen-bond acceptors (Lipinski definition) is 5. The van der Waals surface area contributed by atoms with E-state index < -0.39 is 0 Å². The summed E-state index contributed by atoms with van der Waals surface area (Å²) < 4.78 is 12.5. The van der Waals surface area contributed by atoms with Crippen LogP contribution in [0.25, 0.3) is 0 Å². The molecule has 1 aliphatic heterocycles. The third-order valence-electron chi connectivity index (χ3n) is 4.12. The molecule has 1 amide bonds. The average molecular weight is 318 g/mol. The van der Waals surface area contributed by atoms with Crippen molar-refractivity contribution in [2.24, 2.45) is 0 Å². The Morgan fingerprint density at radius 1 is 1.43 bits per heavy atom. The molecule has 1 aliphatic rings. The lowest BCUT2D eigenvalue weighted by Gasteiger charge is -2.35. The summed E-state index contributed by atoms with van der Waals surface area (Å²) in [6.07, 6.45) is 8.25. The molecule has 2 aromatic rings. The highest BCUT2D eigenvalue weighted by atomic mass is 16.6. The number of aryl methyl sites for hydroxylation is 1. The summed E-state index contributed by atoms with van der Waals surface area (Å²) in [4.78, 5) is 23.3. The number of carbonyl (C=O) groups is 1. The lowest BCUT2D eigenvalue weighted by molar-refractivity contribution is 0.0589. The fraction of sp³-hybridized carbons (Fsp3) is 0.562. The summed E-state index contributed by atoms with van der Waals surface area (Å²) in [7, 11) is 0. The number of likely N-dealkylation sites (tertiary alicyclic amines) is 1. The van der Waals surface area contributed by atoms with Crippen LogP contribution in [0.1, 0.15) is 55.5 Å². The molecule has 3 rings (SSSR count). The van der Waals surface area contributed by atoms with Gasteiger partial charge in [-0.25, -0.2) is 4.98 Å². The molecule has 1 unspecified atom stereocenters. The lowest BCUT2D eigenvalue weighted by atomic mass is 10.0. The number of piperidine rings is 1. The van der Waals surface area contributed by atoms with E-state index >= 15 is 0 Å². The van der Waals surface area contributed by atoms with Crippen LogP contribution in [0.3, 0.4) is 0 Å². The van der Waals surface area contributed by atoms with Crippen molar-refractivity contribution in [2.45, 2.75) is 45.7 Å². The molecule has 23 heavy (non-hydrogen) atoms. The second-order valence-corrected chi connectivity index (χ2v) is 5.51. The average Bonchev–Trinajstić information content (AvgIpc) is 3.23. The zero-order chi connectivity index (χ0) is 16.2. The fourth-order valence-electron chi connectivity index (χ4n) is 3.02. The summed E-state index contributed by atoms with van der Waals surface area (Å²) >= 11 is 0. The normalized spacial score (nSPS) is 18.2. The summed E-state index contributed by atoms with van der Waals surface area (Å²) in [6, 6.07) is -0.0153. The van der Waals surface area contributed by atoms with E-state index in [-0.39, 0.29) is 23.7 Å². The molecule has 0 radical (unpaired) electrons. The number of nitrogens with zero attached hydrogens (tertiary/aromatic N) is 4. The van der Waals surface area contributed by atoms with Crippen molar-refractivity contribution in [3.05, 3.63) is 30.2 Å². The zero-order valence-electron chi connectivity index (χ0n) is 13.6. The Morgan fingerprint density at radius 2 is 2.30 bits per heavy atom. The first-order valence-electron chi connectivity index (χ1n) is 8.14. The minimum absolute atomic E-state index is 0.0153. The van der Waals surface area contributed by atoms with Gasteiger partial charge in [0.05, 0.1) is 12.6 Å². The quantitative estimate of drug-likeness (QED) is 0.847. The van der Waals surface area contributed by atoms with Crippen molar-refractivity contribution in [3.8, 4) is 6.08 Å². The maximum atomic E-state index is 12.8. The molecule has 0 N–H and O–H groups in total. The number of rotatable bonds is 5. The summed E-state index contributed by atoms with van der Waals surface area (Å²) in [5.74, 6) is 0.809. The largest absolute Gasteiger partial charge is 0.450 e. The Balaban J connectivity index is 1.84. The Bertz CT molecular complexity index is 664. The van der Waals surface area contributed by atoms with Gasteiger partial charge in [0.25, 0.3) is 5.91 Å². The summed E-state index contributed by atoms with van der Waals surface area (Å²) in [6.45, 7) is 5.92. The monoisotopic (exact) mass is 318 g/mol. The minimum Gasteiger partial charge on any atom is -0.450 e. The van der Waals surface area contributed by atoms with Gasteiger partial charge < -0.3 is 18.6 Å². The van der Waals surface area contributed by atoms with Crippen LogP contribution in [0.5, 0.6) is 6.08 Å². The second-order valence-electron chi connectivity index (χ2n) is 5.51. The van der Waals surface area contributed by atoms with Crippen LogP contribution in [-0.4, -0.2) is 38.5 Å². The van der Waals surface area contributed by atoms with Crippen LogP contribution >= 0.6 is 0 Å². The summed E-state index contributed by atoms with van der Waals surface area (Å²) in [5.41, 5.74) is 0.287. The highest BCUT2D eigenvalue weighted by Gasteiger charge is 2.32.